The molecule has 1 aromatic carbocycles. The average molecular weight is 270 g/mol. The van der Waals surface area contributed by atoms with Crippen LogP contribution < -0.4 is 5.73 Å². The highest BCUT2D eigenvalue weighted by molar-refractivity contribution is 6.42. The first-order chi connectivity index (χ1) is 8.06. The van der Waals surface area contributed by atoms with Crippen LogP contribution in [0.15, 0.2) is 28.8 Å². The topological polar surface area (TPSA) is 69.1 Å². The van der Waals surface area contributed by atoms with Crippen LogP contribution in [-0.4, -0.2) is 10.9 Å². The Hall–Kier alpha value is -1.52. The minimum atomic E-state index is -0.709. The molecule has 0 atom stereocenters. The van der Waals surface area contributed by atoms with Gasteiger partial charge in [-0.15, -0.1) is 0 Å². The number of rotatable bonds is 3. The SMILES string of the molecule is NC(=O)c1ncc([CH]c2ccc(Cl)c(Cl)c2)o1. The monoisotopic (exact) mass is 269 g/mol. The van der Waals surface area contributed by atoms with Gasteiger partial charge in [0.05, 0.1) is 22.7 Å². The van der Waals surface area contributed by atoms with E-state index in [-0.39, 0.29) is 5.89 Å². The molecule has 2 rings (SSSR count). The Labute approximate surface area is 107 Å². The third-order valence-electron chi connectivity index (χ3n) is 1.99. The van der Waals surface area contributed by atoms with Crippen molar-refractivity contribution in [2.24, 2.45) is 5.73 Å². The molecule has 0 bridgehead atoms. The predicted octanol–water partition coefficient (Wildman–Crippen LogP) is 2.68. The first-order valence-electron chi connectivity index (χ1n) is 4.61. The van der Waals surface area contributed by atoms with E-state index in [1.54, 1.807) is 24.6 Å². The minimum Gasteiger partial charge on any atom is -0.437 e. The van der Waals surface area contributed by atoms with E-state index in [1.807, 2.05) is 0 Å². The van der Waals surface area contributed by atoms with Crippen LogP contribution in [0.2, 0.25) is 10.0 Å². The molecule has 1 amide bonds. The van der Waals surface area contributed by atoms with E-state index in [9.17, 15) is 4.79 Å². The van der Waals surface area contributed by atoms with Crippen LogP contribution in [-0.2, 0) is 0 Å². The van der Waals surface area contributed by atoms with Crippen LogP contribution in [0.25, 0.3) is 0 Å². The summed E-state index contributed by atoms with van der Waals surface area (Å²) in [6, 6.07) is 5.11. The molecule has 1 radical (unpaired) electrons. The van der Waals surface area contributed by atoms with Gasteiger partial charge in [-0.25, -0.2) is 4.98 Å². The van der Waals surface area contributed by atoms with Crippen molar-refractivity contribution < 1.29 is 9.21 Å². The smallest absolute Gasteiger partial charge is 0.304 e. The van der Waals surface area contributed by atoms with Crippen molar-refractivity contribution in [3.63, 3.8) is 0 Å². The van der Waals surface area contributed by atoms with Gasteiger partial charge in [-0.1, -0.05) is 29.3 Å². The van der Waals surface area contributed by atoms with Crippen LogP contribution in [0, 0.1) is 6.42 Å². The molecule has 0 unspecified atom stereocenters. The molecule has 2 aromatic rings. The molecular weight excluding hydrogens is 263 g/mol. The van der Waals surface area contributed by atoms with Crippen molar-refractivity contribution in [3.8, 4) is 0 Å². The number of hydrogen-bond acceptors (Lipinski definition) is 3. The zero-order valence-electron chi connectivity index (χ0n) is 8.48. The van der Waals surface area contributed by atoms with Crippen molar-refractivity contribution in [1.29, 1.82) is 0 Å². The first kappa shape index (κ1) is 12.0. The molecule has 2 N–H and O–H groups in total. The van der Waals surface area contributed by atoms with E-state index in [0.717, 1.165) is 5.56 Å². The molecule has 0 aliphatic rings. The van der Waals surface area contributed by atoms with E-state index in [4.69, 9.17) is 33.4 Å². The Bertz CT molecular complexity index is 566. The van der Waals surface area contributed by atoms with Gasteiger partial charge in [0.15, 0.2) is 0 Å². The summed E-state index contributed by atoms with van der Waals surface area (Å²) in [6.07, 6.45) is 3.07. The summed E-state index contributed by atoms with van der Waals surface area (Å²) in [4.78, 5) is 14.5. The number of primary amides is 1. The fourth-order valence-electron chi connectivity index (χ4n) is 1.23. The number of nitrogens with two attached hydrogens (primary N) is 1. The number of oxazole rings is 1. The number of aromatic nitrogens is 1. The summed E-state index contributed by atoms with van der Waals surface area (Å²) in [7, 11) is 0. The lowest BCUT2D eigenvalue weighted by Gasteiger charge is -1.99. The number of halogens is 2. The van der Waals surface area contributed by atoms with E-state index in [2.05, 4.69) is 4.98 Å². The van der Waals surface area contributed by atoms with Crippen LogP contribution in [0.4, 0.5) is 0 Å². The standard InChI is InChI=1S/C11H7Cl2N2O2/c12-8-2-1-6(4-9(8)13)3-7-5-15-11(17-7)10(14)16/h1-5H,(H2,14,16). The summed E-state index contributed by atoms with van der Waals surface area (Å²) in [6.45, 7) is 0. The Morgan fingerprint density at radius 2 is 2.12 bits per heavy atom. The summed E-state index contributed by atoms with van der Waals surface area (Å²) < 4.78 is 5.10. The first-order valence-corrected chi connectivity index (χ1v) is 5.37. The molecule has 87 valence electrons. The molecule has 6 heteroatoms. The number of benzene rings is 1. The minimum absolute atomic E-state index is 0.128. The average Bonchev–Trinajstić information content (AvgIpc) is 2.72. The summed E-state index contributed by atoms with van der Waals surface area (Å²) in [5, 5.41) is 0.911. The fraction of sp³-hybridized carbons (Fsp3) is 0. The maximum Gasteiger partial charge on any atom is 0.304 e. The molecule has 1 heterocycles. The van der Waals surface area contributed by atoms with E-state index in [0.29, 0.717) is 15.8 Å². The second-order valence-electron chi connectivity index (χ2n) is 3.25. The fourth-order valence-corrected chi connectivity index (χ4v) is 1.54. The maximum absolute atomic E-state index is 10.8. The molecule has 0 spiro atoms. The van der Waals surface area contributed by atoms with E-state index < -0.39 is 5.91 Å². The highest BCUT2D eigenvalue weighted by Crippen LogP contribution is 2.24. The van der Waals surface area contributed by atoms with Gasteiger partial charge in [0.2, 0.25) is 0 Å². The second kappa shape index (κ2) is 4.77. The van der Waals surface area contributed by atoms with Gasteiger partial charge in [-0.2, -0.15) is 0 Å². The lowest BCUT2D eigenvalue weighted by molar-refractivity contribution is 0.0966. The lowest BCUT2D eigenvalue weighted by atomic mass is 10.1. The van der Waals surface area contributed by atoms with Gasteiger partial charge in [-0.3, -0.25) is 4.79 Å². The molecule has 0 fully saturated rings. The van der Waals surface area contributed by atoms with Gasteiger partial charge in [0.25, 0.3) is 5.89 Å². The third kappa shape index (κ3) is 2.78. The van der Waals surface area contributed by atoms with Gasteiger partial charge in [-0.05, 0) is 17.7 Å². The lowest BCUT2D eigenvalue weighted by Crippen LogP contribution is -2.10. The maximum atomic E-state index is 10.8. The third-order valence-corrected chi connectivity index (χ3v) is 2.73. The Morgan fingerprint density at radius 3 is 2.71 bits per heavy atom. The van der Waals surface area contributed by atoms with Crippen molar-refractivity contribution in [2.75, 3.05) is 0 Å². The van der Waals surface area contributed by atoms with Crippen LogP contribution in [0.1, 0.15) is 22.0 Å². The molecule has 0 aliphatic heterocycles. The number of amides is 1. The van der Waals surface area contributed by atoms with Gasteiger partial charge >= 0.3 is 5.91 Å². The van der Waals surface area contributed by atoms with Crippen LogP contribution in [0.3, 0.4) is 0 Å². The number of hydrogen-bond donors (Lipinski definition) is 1. The summed E-state index contributed by atoms with van der Waals surface area (Å²) in [5.74, 6) is -0.424. The highest BCUT2D eigenvalue weighted by Gasteiger charge is 2.10. The number of nitrogens with zero attached hydrogens (tertiary/aromatic N) is 1. The van der Waals surface area contributed by atoms with E-state index in [1.165, 1.54) is 6.20 Å². The highest BCUT2D eigenvalue weighted by atomic mass is 35.5. The van der Waals surface area contributed by atoms with Crippen LogP contribution in [0.5, 0.6) is 0 Å². The Kier molecular flexibility index (Phi) is 3.36. The van der Waals surface area contributed by atoms with Crippen molar-refractivity contribution in [3.05, 3.63) is 58.1 Å². The second-order valence-corrected chi connectivity index (χ2v) is 4.06. The predicted molar refractivity (Wildman–Crippen MR) is 64.0 cm³/mol. The normalized spacial score (nSPS) is 10.5. The van der Waals surface area contributed by atoms with E-state index >= 15 is 0 Å². The largest absolute Gasteiger partial charge is 0.437 e. The van der Waals surface area contributed by atoms with Gasteiger partial charge in [0, 0.05) is 0 Å². The summed E-state index contributed by atoms with van der Waals surface area (Å²) in [5.41, 5.74) is 5.80. The molecule has 1 aromatic heterocycles. The van der Waals surface area contributed by atoms with Crippen molar-refractivity contribution in [2.45, 2.75) is 0 Å². The zero-order chi connectivity index (χ0) is 12.4. The van der Waals surface area contributed by atoms with Crippen LogP contribution >= 0.6 is 23.2 Å². The molecule has 17 heavy (non-hydrogen) atoms. The van der Waals surface area contributed by atoms with Gasteiger partial charge < -0.3 is 10.2 Å². The van der Waals surface area contributed by atoms with Gasteiger partial charge in [0.1, 0.15) is 5.76 Å². The zero-order valence-corrected chi connectivity index (χ0v) is 10.00. The number of carbonyl (C=O) groups excluding carboxylic acids is 1. The Morgan fingerprint density at radius 1 is 1.35 bits per heavy atom. The molecule has 0 saturated carbocycles. The molecule has 0 aliphatic carbocycles. The molecule has 4 nitrogen and oxygen atoms in total. The molecular formula is C11H7Cl2N2O2. The molecule has 0 saturated heterocycles. The van der Waals surface area contributed by atoms with Crippen molar-refractivity contribution in [1.82, 2.24) is 4.98 Å². The summed E-state index contributed by atoms with van der Waals surface area (Å²) >= 11 is 11.6. The van der Waals surface area contributed by atoms with Crippen molar-refractivity contribution >= 4 is 29.1 Å². The quantitative estimate of drug-likeness (QED) is 0.932. The number of carbonyl (C=O) groups is 1. The Balaban J connectivity index is 2.19.